The molecule has 0 amide bonds. The summed E-state index contributed by atoms with van der Waals surface area (Å²) in [6.45, 7) is 0. The SMILES string of the molecule is Nc1ncnc2c1nc(-n1cccn1)n2P. The highest BCUT2D eigenvalue weighted by molar-refractivity contribution is 7.15. The van der Waals surface area contributed by atoms with E-state index in [2.05, 4.69) is 29.4 Å². The van der Waals surface area contributed by atoms with E-state index in [0.29, 0.717) is 22.9 Å². The summed E-state index contributed by atoms with van der Waals surface area (Å²) < 4.78 is 3.37. The van der Waals surface area contributed by atoms with Crippen LogP contribution >= 0.6 is 9.39 Å². The van der Waals surface area contributed by atoms with Crippen LogP contribution in [0.3, 0.4) is 0 Å². The number of nitrogen functional groups attached to an aromatic ring is 1. The zero-order valence-electron chi connectivity index (χ0n) is 8.15. The highest BCUT2D eigenvalue weighted by Gasteiger charge is 2.13. The largest absolute Gasteiger partial charge is 0.382 e. The van der Waals surface area contributed by atoms with Crippen molar-refractivity contribution >= 4 is 26.4 Å². The van der Waals surface area contributed by atoms with Crippen molar-refractivity contribution in [2.45, 2.75) is 0 Å². The van der Waals surface area contributed by atoms with Crippen LogP contribution in [-0.4, -0.2) is 29.1 Å². The Morgan fingerprint density at radius 1 is 1.31 bits per heavy atom. The van der Waals surface area contributed by atoms with Gasteiger partial charge >= 0.3 is 0 Å². The van der Waals surface area contributed by atoms with Gasteiger partial charge in [0.25, 0.3) is 0 Å². The number of nitrogens with zero attached hydrogens (tertiary/aromatic N) is 6. The lowest BCUT2D eigenvalue weighted by Crippen LogP contribution is -1.99. The fraction of sp³-hybridized carbons (Fsp3) is 0. The van der Waals surface area contributed by atoms with E-state index in [1.165, 1.54) is 6.33 Å². The summed E-state index contributed by atoms with van der Waals surface area (Å²) in [6, 6.07) is 1.82. The molecule has 0 saturated carbocycles. The summed E-state index contributed by atoms with van der Waals surface area (Å²) in [5.74, 6) is 0.983. The molecule has 16 heavy (non-hydrogen) atoms. The Morgan fingerprint density at radius 2 is 2.19 bits per heavy atom. The quantitative estimate of drug-likeness (QED) is 0.608. The molecule has 0 aliphatic heterocycles. The Labute approximate surface area is 92.6 Å². The summed E-state index contributed by atoms with van der Waals surface area (Å²) in [5.41, 5.74) is 6.95. The Morgan fingerprint density at radius 3 is 2.88 bits per heavy atom. The van der Waals surface area contributed by atoms with Crippen molar-refractivity contribution in [2.75, 3.05) is 5.73 Å². The van der Waals surface area contributed by atoms with Gasteiger partial charge in [-0.3, -0.25) is 4.34 Å². The van der Waals surface area contributed by atoms with Gasteiger partial charge in [0.15, 0.2) is 17.0 Å². The Kier molecular flexibility index (Phi) is 1.87. The minimum atomic E-state index is 0.361. The van der Waals surface area contributed by atoms with Crippen molar-refractivity contribution < 1.29 is 0 Å². The maximum atomic E-state index is 5.73. The number of anilines is 1. The second kappa shape index (κ2) is 3.24. The molecule has 2 N–H and O–H groups in total. The Bertz CT molecular complexity index is 642. The first kappa shape index (κ1) is 9.23. The lowest BCUT2D eigenvalue weighted by molar-refractivity contribution is 0.817. The molecule has 0 fully saturated rings. The van der Waals surface area contributed by atoms with Crippen LogP contribution in [0.15, 0.2) is 24.8 Å². The van der Waals surface area contributed by atoms with E-state index in [1.54, 1.807) is 21.4 Å². The molecule has 80 valence electrons. The van der Waals surface area contributed by atoms with Crippen molar-refractivity contribution in [3.8, 4) is 5.95 Å². The molecule has 0 aliphatic carbocycles. The highest BCUT2D eigenvalue weighted by atomic mass is 31.0. The third-order valence-corrected chi connectivity index (χ3v) is 2.67. The number of nitrogens with two attached hydrogens (primary N) is 1. The number of hydrogen-bond donors (Lipinski definition) is 1. The van der Waals surface area contributed by atoms with Crippen LogP contribution in [0.1, 0.15) is 0 Å². The van der Waals surface area contributed by atoms with Crippen LogP contribution in [0.25, 0.3) is 17.1 Å². The number of fused-ring (bicyclic) bond motifs is 1. The predicted molar refractivity (Wildman–Crippen MR) is 62.0 cm³/mol. The fourth-order valence-electron chi connectivity index (χ4n) is 1.46. The third-order valence-electron chi connectivity index (χ3n) is 2.20. The van der Waals surface area contributed by atoms with Gasteiger partial charge in [-0.15, -0.1) is 0 Å². The summed E-state index contributed by atoms with van der Waals surface area (Å²) in [7, 11) is 2.52. The van der Waals surface area contributed by atoms with E-state index in [9.17, 15) is 0 Å². The lowest BCUT2D eigenvalue weighted by Gasteiger charge is -1.99. The van der Waals surface area contributed by atoms with Crippen LogP contribution in [0.2, 0.25) is 0 Å². The minimum absolute atomic E-state index is 0.361. The third kappa shape index (κ3) is 1.18. The van der Waals surface area contributed by atoms with Gasteiger partial charge in [-0.25, -0.2) is 19.6 Å². The molecule has 7 nitrogen and oxygen atoms in total. The first-order valence-corrected chi connectivity index (χ1v) is 5.03. The van der Waals surface area contributed by atoms with E-state index in [0.717, 1.165) is 0 Å². The standard InChI is InChI=1S/C8H8N7P/c9-6-5-7(11-4-10-6)15(16)8(13-5)14-3-1-2-12-14/h1-4H,16H2,(H2,9,10,11). The van der Waals surface area contributed by atoms with Gasteiger partial charge in [-0.05, 0) is 15.5 Å². The van der Waals surface area contributed by atoms with Gasteiger partial charge in [0.2, 0.25) is 5.95 Å². The maximum absolute atomic E-state index is 5.73. The van der Waals surface area contributed by atoms with Crippen LogP contribution in [0.5, 0.6) is 0 Å². The van der Waals surface area contributed by atoms with Crippen LogP contribution < -0.4 is 5.73 Å². The average molecular weight is 233 g/mol. The van der Waals surface area contributed by atoms with E-state index >= 15 is 0 Å². The van der Waals surface area contributed by atoms with Crippen molar-refractivity contribution in [1.82, 2.24) is 29.1 Å². The van der Waals surface area contributed by atoms with Gasteiger partial charge in [0.1, 0.15) is 6.33 Å². The highest BCUT2D eigenvalue weighted by Crippen LogP contribution is 2.21. The summed E-state index contributed by atoms with van der Waals surface area (Å²) in [5, 5.41) is 4.10. The molecular formula is C8H8N7P. The minimum Gasteiger partial charge on any atom is -0.382 e. The van der Waals surface area contributed by atoms with E-state index < -0.39 is 0 Å². The molecule has 0 aromatic carbocycles. The molecular weight excluding hydrogens is 225 g/mol. The van der Waals surface area contributed by atoms with E-state index in [-0.39, 0.29) is 0 Å². The summed E-state index contributed by atoms with van der Waals surface area (Å²) in [6.07, 6.45) is 4.89. The van der Waals surface area contributed by atoms with Crippen molar-refractivity contribution in [2.24, 2.45) is 0 Å². The zero-order chi connectivity index (χ0) is 11.1. The molecule has 0 bridgehead atoms. The van der Waals surface area contributed by atoms with Gasteiger partial charge in [-0.2, -0.15) is 5.10 Å². The normalized spacial score (nSPS) is 11.1. The molecule has 1 atom stereocenters. The number of hydrogen-bond acceptors (Lipinski definition) is 5. The van der Waals surface area contributed by atoms with Crippen LogP contribution in [-0.2, 0) is 0 Å². The topological polar surface area (TPSA) is 87.4 Å². The summed E-state index contributed by atoms with van der Waals surface area (Å²) in [4.78, 5) is 12.4. The van der Waals surface area contributed by atoms with Crippen molar-refractivity contribution in [3.63, 3.8) is 0 Å². The molecule has 3 aromatic heterocycles. The molecule has 8 heteroatoms. The lowest BCUT2D eigenvalue weighted by atomic mass is 10.5. The van der Waals surface area contributed by atoms with E-state index in [4.69, 9.17) is 5.73 Å². The van der Waals surface area contributed by atoms with Crippen molar-refractivity contribution in [1.29, 1.82) is 0 Å². The average Bonchev–Trinajstić information content (AvgIpc) is 2.88. The zero-order valence-corrected chi connectivity index (χ0v) is 9.30. The van der Waals surface area contributed by atoms with Gasteiger partial charge in [-0.1, -0.05) is 0 Å². The second-order valence-corrected chi connectivity index (χ2v) is 3.68. The first-order valence-electron chi connectivity index (χ1n) is 4.51. The Hall–Kier alpha value is -2.01. The molecule has 0 aliphatic rings. The molecule has 3 rings (SSSR count). The molecule has 0 saturated heterocycles. The number of aromatic nitrogens is 6. The monoisotopic (exact) mass is 233 g/mol. The van der Waals surface area contributed by atoms with E-state index in [1.807, 2.05) is 6.07 Å². The van der Waals surface area contributed by atoms with Crippen molar-refractivity contribution in [3.05, 3.63) is 24.8 Å². The van der Waals surface area contributed by atoms with Crippen LogP contribution in [0, 0.1) is 0 Å². The fourth-order valence-corrected chi connectivity index (χ4v) is 1.83. The number of rotatable bonds is 1. The van der Waals surface area contributed by atoms with Gasteiger partial charge in [0.05, 0.1) is 0 Å². The number of imidazole rings is 1. The van der Waals surface area contributed by atoms with Gasteiger partial charge < -0.3 is 5.73 Å². The van der Waals surface area contributed by atoms with Crippen LogP contribution in [0.4, 0.5) is 5.82 Å². The molecule has 3 aromatic rings. The molecule has 1 unspecified atom stereocenters. The molecule has 0 spiro atoms. The molecule has 3 heterocycles. The summed E-state index contributed by atoms with van der Waals surface area (Å²) >= 11 is 0. The maximum Gasteiger partial charge on any atom is 0.236 e. The predicted octanol–water partition coefficient (Wildman–Crippen LogP) is 0.232. The Balaban J connectivity index is 2.36. The first-order chi connectivity index (χ1) is 7.77. The second-order valence-electron chi connectivity index (χ2n) is 3.16. The molecule has 0 radical (unpaired) electrons. The van der Waals surface area contributed by atoms with Gasteiger partial charge in [0, 0.05) is 12.4 Å². The smallest absolute Gasteiger partial charge is 0.236 e.